The number of benzene rings is 1. The van der Waals surface area contributed by atoms with Crippen molar-refractivity contribution in [2.75, 3.05) is 0 Å². The summed E-state index contributed by atoms with van der Waals surface area (Å²) in [7, 11) is 0. The zero-order valence-electron chi connectivity index (χ0n) is 15.7. The summed E-state index contributed by atoms with van der Waals surface area (Å²) in [6.07, 6.45) is 1.79. The normalized spacial score (nSPS) is 14.6. The fraction of sp³-hybridized carbons (Fsp3) is 0.450. The molecule has 1 atom stereocenters. The molecule has 0 saturated carbocycles. The van der Waals surface area contributed by atoms with Gasteiger partial charge in [0.1, 0.15) is 0 Å². The van der Waals surface area contributed by atoms with Crippen LogP contribution in [-0.4, -0.2) is 33.3 Å². The van der Waals surface area contributed by atoms with Crippen molar-refractivity contribution in [2.45, 2.75) is 58.6 Å². The third-order valence-electron chi connectivity index (χ3n) is 4.28. The molecular formula is C20H25N3O3. The topological polar surface area (TPSA) is 73.2 Å². The van der Waals surface area contributed by atoms with Crippen molar-refractivity contribution in [2.24, 2.45) is 0 Å². The van der Waals surface area contributed by atoms with E-state index in [1.54, 1.807) is 6.92 Å². The molecule has 3 rings (SSSR count). The van der Waals surface area contributed by atoms with Gasteiger partial charge in [-0.1, -0.05) is 18.2 Å². The van der Waals surface area contributed by atoms with E-state index >= 15 is 0 Å². The highest BCUT2D eigenvalue weighted by Crippen LogP contribution is 2.28. The van der Waals surface area contributed by atoms with E-state index < -0.39 is 12.1 Å². The Balaban J connectivity index is 1.82. The van der Waals surface area contributed by atoms with Crippen molar-refractivity contribution in [1.29, 1.82) is 0 Å². The Kier molecular flexibility index (Phi) is 4.85. The van der Waals surface area contributed by atoms with Crippen LogP contribution in [0.1, 0.15) is 55.9 Å². The third-order valence-corrected chi connectivity index (χ3v) is 4.28. The zero-order valence-corrected chi connectivity index (χ0v) is 15.7. The molecule has 6 heteroatoms. The summed E-state index contributed by atoms with van der Waals surface area (Å²) >= 11 is 0. The van der Waals surface area contributed by atoms with Crippen LogP contribution in [0.4, 0.5) is 0 Å². The minimum Gasteiger partial charge on any atom is -0.448 e. The van der Waals surface area contributed by atoms with E-state index in [2.05, 4.69) is 10.4 Å². The third kappa shape index (κ3) is 3.79. The number of aromatic nitrogens is 2. The molecule has 2 aromatic rings. The van der Waals surface area contributed by atoms with Gasteiger partial charge in [0.05, 0.1) is 5.69 Å². The van der Waals surface area contributed by atoms with Gasteiger partial charge < -0.3 is 10.1 Å². The Labute approximate surface area is 153 Å². The monoisotopic (exact) mass is 355 g/mol. The molecule has 0 aliphatic heterocycles. The maximum atomic E-state index is 12.7. The van der Waals surface area contributed by atoms with Crippen molar-refractivity contribution >= 4 is 11.9 Å². The molecule has 1 aromatic carbocycles. The lowest BCUT2D eigenvalue weighted by Crippen LogP contribution is -2.46. The van der Waals surface area contributed by atoms with Gasteiger partial charge in [-0.25, -0.2) is 9.48 Å². The number of carbonyl (C=O) groups excluding carboxylic acids is 2. The fourth-order valence-corrected chi connectivity index (χ4v) is 3.13. The number of amides is 1. The first-order valence-electron chi connectivity index (χ1n) is 8.95. The van der Waals surface area contributed by atoms with Gasteiger partial charge in [0.25, 0.3) is 5.91 Å². The standard InChI is InChI=1S/C20H25N3O3/c1-13(18(24)21-20(2,3)4)26-19(25)17-15-11-8-12-16(15)23(22-17)14-9-6-5-7-10-14/h5-7,9-10,13H,8,11-12H2,1-4H3,(H,21,24). The first kappa shape index (κ1) is 18.2. The van der Waals surface area contributed by atoms with Crippen molar-refractivity contribution in [3.8, 4) is 5.69 Å². The number of nitrogens with one attached hydrogen (secondary N) is 1. The van der Waals surface area contributed by atoms with Gasteiger partial charge in [0, 0.05) is 16.8 Å². The largest absolute Gasteiger partial charge is 0.448 e. The predicted molar refractivity (Wildman–Crippen MR) is 98.4 cm³/mol. The highest BCUT2D eigenvalue weighted by atomic mass is 16.5. The Hall–Kier alpha value is -2.63. The number of esters is 1. The lowest BCUT2D eigenvalue weighted by molar-refractivity contribution is -0.130. The van der Waals surface area contributed by atoms with Gasteiger partial charge in [-0.05, 0) is 59.1 Å². The van der Waals surface area contributed by atoms with Crippen molar-refractivity contribution in [3.63, 3.8) is 0 Å². The Morgan fingerprint density at radius 2 is 1.88 bits per heavy atom. The van der Waals surface area contributed by atoms with Crippen LogP contribution < -0.4 is 5.32 Å². The molecule has 1 aliphatic rings. The molecule has 138 valence electrons. The predicted octanol–water partition coefficient (Wildman–Crippen LogP) is 2.82. The summed E-state index contributed by atoms with van der Waals surface area (Å²) in [5.74, 6) is -0.862. The number of carbonyl (C=O) groups is 2. The molecule has 1 amide bonds. The number of fused-ring (bicyclic) bond motifs is 1. The van der Waals surface area contributed by atoms with Gasteiger partial charge in [0.2, 0.25) is 0 Å². The number of hydrogen-bond acceptors (Lipinski definition) is 4. The van der Waals surface area contributed by atoms with Crippen LogP contribution >= 0.6 is 0 Å². The van der Waals surface area contributed by atoms with Crippen molar-refractivity contribution in [3.05, 3.63) is 47.3 Å². The summed E-state index contributed by atoms with van der Waals surface area (Å²) in [6.45, 7) is 7.23. The molecule has 1 heterocycles. The van der Waals surface area contributed by atoms with Crippen LogP contribution in [0.3, 0.4) is 0 Å². The molecule has 0 saturated heterocycles. The molecule has 1 unspecified atom stereocenters. The maximum absolute atomic E-state index is 12.7. The number of ether oxygens (including phenoxy) is 1. The molecule has 1 aromatic heterocycles. The molecule has 0 fully saturated rings. The van der Waals surface area contributed by atoms with Gasteiger partial charge in [-0.15, -0.1) is 0 Å². The smallest absolute Gasteiger partial charge is 0.359 e. The van der Waals surface area contributed by atoms with Crippen molar-refractivity contribution in [1.82, 2.24) is 15.1 Å². The highest BCUT2D eigenvalue weighted by Gasteiger charge is 2.30. The maximum Gasteiger partial charge on any atom is 0.359 e. The minimum atomic E-state index is -0.874. The zero-order chi connectivity index (χ0) is 18.9. The average molecular weight is 355 g/mol. The van der Waals surface area contributed by atoms with Crippen LogP contribution in [0.15, 0.2) is 30.3 Å². The van der Waals surface area contributed by atoms with Gasteiger partial charge >= 0.3 is 5.97 Å². The van der Waals surface area contributed by atoms with Crippen LogP contribution in [0.2, 0.25) is 0 Å². The second-order valence-corrected chi connectivity index (χ2v) is 7.66. The SMILES string of the molecule is CC(OC(=O)c1nn(-c2ccccc2)c2c1CCC2)C(=O)NC(C)(C)C. The first-order valence-corrected chi connectivity index (χ1v) is 8.95. The molecule has 0 bridgehead atoms. The van der Waals surface area contributed by atoms with Gasteiger partial charge in [-0.2, -0.15) is 5.10 Å². The molecular weight excluding hydrogens is 330 g/mol. The molecule has 6 nitrogen and oxygen atoms in total. The summed E-state index contributed by atoms with van der Waals surface area (Å²) < 4.78 is 7.21. The van der Waals surface area contributed by atoms with E-state index in [1.165, 1.54) is 0 Å². The van der Waals surface area contributed by atoms with E-state index in [4.69, 9.17) is 4.74 Å². The summed E-state index contributed by atoms with van der Waals surface area (Å²) in [4.78, 5) is 24.8. The van der Waals surface area contributed by atoms with E-state index in [9.17, 15) is 9.59 Å². The number of para-hydroxylation sites is 1. The number of hydrogen-bond donors (Lipinski definition) is 1. The quantitative estimate of drug-likeness (QED) is 0.856. The summed E-state index contributed by atoms with van der Waals surface area (Å²) in [5.41, 5.74) is 2.84. The van der Waals surface area contributed by atoms with Crippen LogP contribution in [0, 0.1) is 0 Å². The average Bonchev–Trinajstić information content (AvgIpc) is 3.16. The van der Waals surface area contributed by atoms with Crippen LogP contribution in [0.5, 0.6) is 0 Å². The van der Waals surface area contributed by atoms with Crippen molar-refractivity contribution < 1.29 is 14.3 Å². The van der Waals surface area contributed by atoms with Crippen LogP contribution in [0.25, 0.3) is 5.69 Å². The number of nitrogens with zero attached hydrogens (tertiary/aromatic N) is 2. The minimum absolute atomic E-state index is 0.315. The lowest BCUT2D eigenvalue weighted by atomic mass is 10.1. The van der Waals surface area contributed by atoms with E-state index in [0.717, 1.165) is 36.2 Å². The van der Waals surface area contributed by atoms with E-state index in [0.29, 0.717) is 5.69 Å². The molecule has 1 N–H and O–H groups in total. The van der Waals surface area contributed by atoms with E-state index in [-0.39, 0.29) is 11.4 Å². The Morgan fingerprint density at radius 1 is 1.19 bits per heavy atom. The van der Waals surface area contributed by atoms with Gasteiger partial charge in [0.15, 0.2) is 11.8 Å². The summed E-state index contributed by atoms with van der Waals surface area (Å²) in [5, 5.41) is 7.32. The van der Waals surface area contributed by atoms with E-state index in [1.807, 2.05) is 55.8 Å². The first-order chi connectivity index (χ1) is 12.3. The second-order valence-electron chi connectivity index (χ2n) is 7.66. The Morgan fingerprint density at radius 3 is 2.54 bits per heavy atom. The molecule has 0 spiro atoms. The highest BCUT2D eigenvalue weighted by molar-refractivity contribution is 5.92. The number of rotatable bonds is 4. The Bertz CT molecular complexity index is 819. The van der Waals surface area contributed by atoms with Gasteiger partial charge in [-0.3, -0.25) is 4.79 Å². The second kappa shape index (κ2) is 6.94. The summed E-state index contributed by atoms with van der Waals surface area (Å²) in [6, 6.07) is 9.74. The van der Waals surface area contributed by atoms with Crippen LogP contribution in [-0.2, 0) is 22.4 Å². The molecule has 26 heavy (non-hydrogen) atoms. The molecule has 0 radical (unpaired) electrons. The lowest BCUT2D eigenvalue weighted by Gasteiger charge is -2.23. The fourth-order valence-electron chi connectivity index (χ4n) is 3.13. The molecule has 1 aliphatic carbocycles.